The molecule has 2 fully saturated rings. The maximum atomic E-state index is 6.29. The summed E-state index contributed by atoms with van der Waals surface area (Å²) < 4.78 is 13.4. The van der Waals surface area contributed by atoms with Gasteiger partial charge < -0.3 is 9.47 Å². The van der Waals surface area contributed by atoms with E-state index < -0.39 is 0 Å². The second-order valence-corrected chi connectivity index (χ2v) is 7.26. The van der Waals surface area contributed by atoms with Crippen molar-refractivity contribution >= 4 is 31.9 Å². The first kappa shape index (κ1) is 14.9. The quantitative estimate of drug-likeness (QED) is 0.642. The largest absolute Gasteiger partial charge is 0.489 e. The summed E-state index contributed by atoms with van der Waals surface area (Å²) in [5, 5.41) is 0.803. The number of hydrogen-bond donors (Lipinski definition) is 0. The van der Waals surface area contributed by atoms with Crippen molar-refractivity contribution in [3.63, 3.8) is 0 Å². The van der Waals surface area contributed by atoms with Gasteiger partial charge in [0, 0.05) is 10.9 Å². The van der Waals surface area contributed by atoms with Crippen LogP contribution in [0.4, 0.5) is 0 Å². The SMILES string of the molecule is BrCc1cccc(Br)c1OCC1CCC2(CCCC2)O1. The van der Waals surface area contributed by atoms with E-state index in [0.29, 0.717) is 6.61 Å². The van der Waals surface area contributed by atoms with E-state index in [2.05, 4.69) is 37.9 Å². The number of halogens is 2. The van der Waals surface area contributed by atoms with Crippen molar-refractivity contribution in [2.45, 2.75) is 55.6 Å². The predicted octanol–water partition coefficient (Wildman–Crippen LogP) is 5.21. The summed E-state index contributed by atoms with van der Waals surface area (Å²) in [6.45, 7) is 0.657. The molecule has 0 bridgehead atoms. The predicted molar refractivity (Wildman–Crippen MR) is 87.6 cm³/mol. The van der Waals surface area contributed by atoms with E-state index in [1.165, 1.54) is 37.7 Å². The van der Waals surface area contributed by atoms with E-state index >= 15 is 0 Å². The van der Waals surface area contributed by atoms with E-state index in [9.17, 15) is 0 Å². The van der Waals surface area contributed by atoms with Crippen LogP contribution < -0.4 is 4.74 Å². The van der Waals surface area contributed by atoms with E-state index in [1.54, 1.807) is 0 Å². The van der Waals surface area contributed by atoms with Crippen LogP contribution in [-0.4, -0.2) is 18.3 Å². The zero-order valence-corrected chi connectivity index (χ0v) is 14.7. The van der Waals surface area contributed by atoms with Gasteiger partial charge in [0.05, 0.1) is 16.2 Å². The van der Waals surface area contributed by atoms with Crippen molar-refractivity contribution in [1.29, 1.82) is 0 Å². The highest BCUT2D eigenvalue weighted by Gasteiger charge is 2.42. The van der Waals surface area contributed by atoms with Gasteiger partial charge in [-0.05, 0) is 47.7 Å². The van der Waals surface area contributed by atoms with Crippen LogP contribution in [0.2, 0.25) is 0 Å². The highest BCUT2D eigenvalue weighted by Crippen LogP contribution is 2.43. The smallest absolute Gasteiger partial charge is 0.137 e. The third-order valence-electron chi connectivity index (χ3n) is 4.46. The summed E-state index contributed by atoms with van der Waals surface area (Å²) in [6.07, 6.45) is 7.73. The normalized spacial score (nSPS) is 24.4. The van der Waals surface area contributed by atoms with E-state index in [-0.39, 0.29) is 11.7 Å². The highest BCUT2D eigenvalue weighted by atomic mass is 79.9. The highest BCUT2D eigenvalue weighted by molar-refractivity contribution is 9.10. The fraction of sp³-hybridized carbons (Fsp3) is 0.625. The number of para-hydroxylation sites is 1. The first-order valence-corrected chi connectivity index (χ1v) is 9.28. The average Bonchev–Trinajstić information content (AvgIpc) is 3.08. The van der Waals surface area contributed by atoms with Crippen LogP contribution in [-0.2, 0) is 10.1 Å². The molecule has 110 valence electrons. The Morgan fingerprint density at radius 2 is 2.05 bits per heavy atom. The van der Waals surface area contributed by atoms with E-state index in [4.69, 9.17) is 9.47 Å². The molecule has 1 aliphatic carbocycles. The van der Waals surface area contributed by atoms with Crippen LogP contribution in [0.3, 0.4) is 0 Å². The summed E-state index contributed by atoms with van der Waals surface area (Å²) in [7, 11) is 0. The first-order valence-electron chi connectivity index (χ1n) is 7.36. The summed E-state index contributed by atoms with van der Waals surface area (Å²) in [5.41, 5.74) is 1.37. The lowest BCUT2D eigenvalue weighted by Crippen LogP contribution is -2.27. The fourth-order valence-electron chi connectivity index (χ4n) is 3.40. The third-order valence-corrected chi connectivity index (χ3v) is 5.69. The molecule has 2 nitrogen and oxygen atoms in total. The van der Waals surface area contributed by atoms with Gasteiger partial charge in [-0.15, -0.1) is 0 Å². The molecule has 20 heavy (non-hydrogen) atoms. The Hall–Kier alpha value is -0.0600. The number of rotatable bonds is 4. The van der Waals surface area contributed by atoms with Gasteiger partial charge in [-0.3, -0.25) is 0 Å². The molecule has 1 saturated heterocycles. The number of ether oxygens (including phenoxy) is 2. The topological polar surface area (TPSA) is 18.5 Å². The lowest BCUT2D eigenvalue weighted by atomic mass is 9.98. The Morgan fingerprint density at radius 1 is 1.25 bits per heavy atom. The Morgan fingerprint density at radius 3 is 2.80 bits per heavy atom. The van der Waals surface area contributed by atoms with Crippen LogP contribution in [0.1, 0.15) is 44.1 Å². The molecule has 1 aromatic carbocycles. The molecule has 1 spiro atoms. The first-order chi connectivity index (χ1) is 9.72. The van der Waals surface area contributed by atoms with Gasteiger partial charge in [-0.2, -0.15) is 0 Å². The minimum absolute atomic E-state index is 0.195. The van der Waals surface area contributed by atoms with Crippen molar-refractivity contribution in [3.05, 3.63) is 28.2 Å². The molecule has 1 unspecified atom stereocenters. The Balaban J connectivity index is 1.60. The fourth-order valence-corrected chi connectivity index (χ4v) is 4.36. The summed E-state index contributed by atoms with van der Waals surface area (Å²) in [6, 6.07) is 6.14. The molecule has 0 aromatic heterocycles. The standard InChI is InChI=1S/C16H20Br2O2/c17-10-12-4-3-5-14(18)15(12)19-11-13-6-9-16(20-13)7-1-2-8-16/h3-5,13H,1-2,6-11H2. The summed E-state index contributed by atoms with van der Waals surface area (Å²) in [5.74, 6) is 0.945. The van der Waals surface area contributed by atoms with Gasteiger partial charge in [-0.1, -0.05) is 40.9 Å². The molecule has 0 N–H and O–H groups in total. The molecule has 2 aliphatic rings. The van der Waals surface area contributed by atoms with Gasteiger partial charge in [0.2, 0.25) is 0 Å². The van der Waals surface area contributed by atoms with Crippen LogP contribution in [0.25, 0.3) is 0 Å². The molecule has 4 heteroatoms. The minimum Gasteiger partial charge on any atom is -0.489 e. The third kappa shape index (κ3) is 3.07. The van der Waals surface area contributed by atoms with Gasteiger partial charge in [0.15, 0.2) is 0 Å². The van der Waals surface area contributed by atoms with E-state index in [1.807, 2.05) is 12.1 Å². The van der Waals surface area contributed by atoms with Gasteiger partial charge >= 0.3 is 0 Å². The molecule has 1 atom stereocenters. The van der Waals surface area contributed by atoms with Crippen molar-refractivity contribution in [2.75, 3.05) is 6.61 Å². The molecule has 3 rings (SSSR count). The van der Waals surface area contributed by atoms with E-state index in [0.717, 1.165) is 22.0 Å². The van der Waals surface area contributed by atoms with Gasteiger partial charge in [0.1, 0.15) is 12.4 Å². The zero-order chi connectivity index (χ0) is 14.0. The van der Waals surface area contributed by atoms with Crippen molar-refractivity contribution < 1.29 is 9.47 Å². The Kier molecular flexibility index (Phi) is 4.73. The van der Waals surface area contributed by atoms with Crippen LogP contribution in [0.5, 0.6) is 5.75 Å². The maximum Gasteiger partial charge on any atom is 0.137 e. The Labute approximate surface area is 137 Å². The van der Waals surface area contributed by atoms with Crippen molar-refractivity contribution in [1.82, 2.24) is 0 Å². The van der Waals surface area contributed by atoms with Crippen LogP contribution >= 0.6 is 31.9 Å². The monoisotopic (exact) mass is 402 g/mol. The van der Waals surface area contributed by atoms with Crippen molar-refractivity contribution in [3.8, 4) is 5.75 Å². The van der Waals surface area contributed by atoms with Crippen LogP contribution in [0.15, 0.2) is 22.7 Å². The van der Waals surface area contributed by atoms with Gasteiger partial charge in [0.25, 0.3) is 0 Å². The second kappa shape index (κ2) is 6.37. The molecule has 1 heterocycles. The lowest BCUT2D eigenvalue weighted by molar-refractivity contribution is -0.0510. The summed E-state index contributed by atoms with van der Waals surface area (Å²) in [4.78, 5) is 0. The number of alkyl halides is 1. The molecule has 1 saturated carbocycles. The average molecular weight is 404 g/mol. The lowest BCUT2D eigenvalue weighted by Gasteiger charge is -2.24. The number of benzene rings is 1. The van der Waals surface area contributed by atoms with Crippen LogP contribution in [0, 0.1) is 0 Å². The second-order valence-electron chi connectivity index (χ2n) is 5.84. The summed E-state index contributed by atoms with van der Waals surface area (Å²) >= 11 is 7.08. The molecular formula is C16H20Br2O2. The molecule has 1 aliphatic heterocycles. The number of hydrogen-bond acceptors (Lipinski definition) is 2. The minimum atomic E-state index is 0.195. The molecule has 1 aromatic rings. The molecule has 0 radical (unpaired) electrons. The Bertz CT molecular complexity index is 470. The van der Waals surface area contributed by atoms with Gasteiger partial charge in [-0.25, -0.2) is 0 Å². The zero-order valence-electron chi connectivity index (χ0n) is 11.5. The molecular weight excluding hydrogens is 384 g/mol. The van der Waals surface area contributed by atoms with Crippen molar-refractivity contribution in [2.24, 2.45) is 0 Å². The maximum absolute atomic E-state index is 6.29. The molecule has 0 amide bonds.